The monoisotopic (exact) mass is 330 g/mol. The van der Waals surface area contributed by atoms with Gasteiger partial charge in [-0.05, 0) is 0 Å². The van der Waals surface area contributed by atoms with Gasteiger partial charge in [-0.15, -0.1) is 0 Å². The van der Waals surface area contributed by atoms with Crippen LogP contribution in [0.15, 0.2) is 24.3 Å². The summed E-state index contributed by atoms with van der Waals surface area (Å²) in [7, 11) is 2.37. The molecule has 0 aliphatic rings. The summed E-state index contributed by atoms with van der Waals surface area (Å²) in [5, 5.41) is 0. The minimum Gasteiger partial charge on any atom is -0.466 e. The molecular formula is C14H18O9. The minimum absolute atomic E-state index is 0.0272. The van der Waals surface area contributed by atoms with E-state index < -0.39 is 23.9 Å². The Morgan fingerprint density at radius 3 is 1.30 bits per heavy atom. The van der Waals surface area contributed by atoms with Gasteiger partial charge in [-0.3, -0.25) is 0 Å². The number of ether oxygens (including phenoxy) is 5. The van der Waals surface area contributed by atoms with Crippen molar-refractivity contribution in [2.45, 2.75) is 0 Å². The maximum atomic E-state index is 11.1. The Morgan fingerprint density at radius 2 is 0.957 bits per heavy atom. The highest BCUT2D eigenvalue weighted by Gasteiger charge is 2.01. The molecule has 0 unspecified atom stereocenters. The average Bonchev–Trinajstić information content (AvgIpc) is 2.56. The third-order valence-corrected chi connectivity index (χ3v) is 2.06. The SMILES string of the molecule is COC(=O)/C=C/C(=O)OCCOCCOC(=O)/C=C/C(=O)OC. The number of carbonyl (C=O) groups is 4. The Morgan fingerprint density at radius 1 is 0.609 bits per heavy atom. The van der Waals surface area contributed by atoms with E-state index in [2.05, 4.69) is 9.47 Å². The zero-order chi connectivity index (χ0) is 17.5. The first kappa shape index (κ1) is 20.3. The Balaban J connectivity index is 3.60. The highest BCUT2D eigenvalue weighted by molar-refractivity contribution is 5.92. The summed E-state index contributed by atoms with van der Waals surface area (Å²) in [4.78, 5) is 43.6. The second kappa shape index (κ2) is 13.0. The normalized spacial score (nSPS) is 10.5. The Hall–Kier alpha value is -2.68. The van der Waals surface area contributed by atoms with Crippen LogP contribution in [0.5, 0.6) is 0 Å². The van der Waals surface area contributed by atoms with Crippen LogP contribution < -0.4 is 0 Å². The number of rotatable bonds is 10. The van der Waals surface area contributed by atoms with E-state index in [1.807, 2.05) is 0 Å². The Labute approximate surface area is 132 Å². The van der Waals surface area contributed by atoms with Gasteiger partial charge in [0.2, 0.25) is 0 Å². The van der Waals surface area contributed by atoms with E-state index in [0.29, 0.717) is 0 Å². The third kappa shape index (κ3) is 12.8. The van der Waals surface area contributed by atoms with Gasteiger partial charge in [0.1, 0.15) is 13.2 Å². The first-order chi connectivity index (χ1) is 11.0. The van der Waals surface area contributed by atoms with Gasteiger partial charge in [0.15, 0.2) is 0 Å². The summed E-state index contributed by atoms with van der Waals surface area (Å²) in [6, 6.07) is 0. The molecule has 0 aromatic carbocycles. The molecule has 0 spiro atoms. The lowest BCUT2D eigenvalue weighted by atomic mass is 10.5. The van der Waals surface area contributed by atoms with Crippen LogP contribution in [0.3, 0.4) is 0 Å². The van der Waals surface area contributed by atoms with E-state index in [1.54, 1.807) is 0 Å². The van der Waals surface area contributed by atoms with Crippen LogP contribution in [0.25, 0.3) is 0 Å². The van der Waals surface area contributed by atoms with E-state index in [9.17, 15) is 19.2 Å². The molecule has 9 heteroatoms. The van der Waals surface area contributed by atoms with Gasteiger partial charge in [0.25, 0.3) is 0 Å². The standard InChI is InChI=1S/C14H18O9/c1-19-11(15)3-5-13(17)22-9-7-21-8-10-23-14(18)6-4-12(16)20-2/h3-6H,7-10H2,1-2H3/b5-3+,6-4+. The smallest absolute Gasteiger partial charge is 0.331 e. The summed E-state index contributed by atoms with van der Waals surface area (Å²) < 4.78 is 23.1. The molecule has 0 atom stereocenters. The maximum absolute atomic E-state index is 11.1. The highest BCUT2D eigenvalue weighted by Crippen LogP contribution is 1.87. The van der Waals surface area contributed by atoms with Crippen molar-refractivity contribution >= 4 is 23.9 Å². The molecule has 0 fully saturated rings. The van der Waals surface area contributed by atoms with Gasteiger partial charge in [-0.25, -0.2) is 19.2 Å². The first-order valence-corrected chi connectivity index (χ1v) is 6.43. The van der Waals surface area contributed by atoms with Gasteiger partial charge in [-0.2, -0.15) is 0 Å². The lowest BCUT2D eigenvalue weighted by Crippen LogP contribution is -2.13. The van der Waals surface area contributed by atoms with Gasteiger partial charge in [-0.1, -0.05) is 0 Å². The average molecular weight is 330 g/mol. The van der Waals surface area contributed by atoms with Crippen LogP contribution in [-0.2, 0) is 42.9 Å². The van der Waals surface area contributed by atoms with Crippen LogP contribution in [-0.4, -0.2) is 64.5 Å². The van der Waals surface area contributed by atoms with Crippen molar-refractivity contribution in [1.82, 2.24) is 0 Å². The lowest BCUT2D eigenvalue weighted by molar-refractivity contribution is -0.142. The van der Waals surface area contributed by atoms with Crippen molar-refractivity contribution in [3.8, 4) is 0 Å². The van der Waals surface area contributed by atoms with Crippen LogP contribution >= 0.6 is 0 Å². The number of methoxy groups -OCH3 is 2. The second-order valence-corrected chi connectivity index (χ2v) is 3.66. The quantitative estimate of drug-likeness (QED) is 0.227. The molecule has 0 rings (SSSR count). The van der Waals surface area contributed by atoms with E-state index >= 15 is 0 Å². The number of hydrogen-bond donors (Lipinski definition) is 0. The summed E-state index contributed by atoms with van der Waals surface area (Å²) in [5.74, 6) is -2.75. The van der Waals surface area contributed by atoms with Crippen molar-refractivity contribution in [2.75, 3.05) is 40.6 Å². The highest BCUT2D eigenvalue weighted by atomic mass is 16.6. The Kier molecular flexibility index (Phi) is 11.5. The molecule has 0 N–H and O–H groups in total. The lowest BCUT2D eigenvalue weighted by Gasteiger charge is -2.05. The van der Waals surface area contributed by atoms with Crippen molar-refractivity contribution in [1.29, 1.82) is 0 Å². The molecule has 0 heterocycles. The van der Waals surface area contributed by atoms with Gasteiger partial charge in [0, 0.05) is 24.3 Å². The van der Waals surface area contributed by atoms with Crippen LogP contribution in [0.1, 0.15) is 0 Å². The summed E-state index contributed by atoms with van der Waals surface area (Å²) in [6.45, 7) is 0.127. The van der Waals surface area contributed by atoms with Crippen LogP contribution in [0.2, 0.25) is 0 Å². The predicted octanol–water partition coefficient (Wildman–Crippen LogP) is -0.452. The van der Waals surface area contributed by atoms with Gasteiger partial charge in [0.05, 0.1) is 27.4 Å². The molecule has 9 nitrogen and oxygen atoms in total. The molecule has 0 bridgehead atoms. The molecule has 0 aliphatic carbocycles. The second-order valence-electron chi connectivity index (χ2n) is 3.66. The van der Waals surface area contributed by atoms with E-state index in [4.69, 9.17) is 14.2 Å². The zero-order valence-electron chi connectivity index (χ0n) is 12.8. The zero-order valence-corrected chi connectivity index (χ0v) is 12.8. The molecular weight excluding hydrogens is 312 g/mol. The summed E-state index contributed by atoms with van der Waals surface area (Å²) in [6.07, 6.45) is 3.73. The number of hydrogen-bond acceptors (Lipinski definition) is 9. The molecule has 0 aliphatic heterocycles. The van der Waals surface area contributed by atoms with Crippen molar-refractivity contribution in [2.24, 2.45) is 0 Å². The first-order valence-electron chi connectivity index (χ1n) is 6.43. The van der Waals surface area contributed by atoms with Gasteiger partial charge < -0.3 is 23.7 Å². The van der Waals surface area contributed by atoms with Crippen molar-refractivity contribution < 1.29 is 42.9 Å². The molecule has 23 heavy (non-hydrogen) atoms. The van der Waals surface area contributed by atoms with Crippen molar-refractivity contribution in [3.63, 3.8) is 0 Å². The minimum atomic E-state index is -0.710. The van der Waals surface area contributed by atoms with Crippen molar-refractivity contribution in [3.05, 3.63) is 24.3 Å². The van der Waals surface area contributed by atoms with E-state index in [0.717, 1.165) is 24.3 Å². The number of carbonyl (C=O) groups excluding carboxylic acids is 4. The fourth-order valence-electron chi connectivity index (χ4n) is 1.01. The Bertz CT molecular complexity index is 423. The van der Waals surface area contributed by atoms with Crippen LogP contribution in [0.4, 0.5) is 0 Å². The molecule has 0 aromatic rings. The molecule has 0 saturated carbocycles. The molecule has 0 aromatic heterocycles. The fraction of sp³-hybridized carbons (Fsp3) is 0.429. The number of esters is 4. The molecule has 0 amide bonds. The van der Waals surface area contributed by atoms with Gasteiger partial charge >= 0.3 is 23.9 Å². The predicted molar refractivity (Wildman–Crippen MR) is 75.0 cm³/mol. The molecule has 128 valence electrons. The fourth-order valence-corrected chi connectivity index (χ4v) is 1.01. The summed E-state index contributed by atoms with van der Waals surface area (Å²) >= 11 is 0. The third-order valence-electron chi connectivity index (χ3n) is 2.06. The maximum Gasteiger partial charge on any atom is 0.331 e. The molecule has 0 saturated heterocycles. The largest absolute Gasteiger partial charge is 0.466 e. The van der Waals surface area contributed by atoms with Crippen LogP contribution in [0, 0.1) is 0 Å². The summed E-state index contributed by atoms with van der Waals surface area (Å²) in [5.41, 5.74) is 0. The molecule has 0 radical (unpaired) electrons. The van der Waals surface area contributed by atoms with E-state index in [-0.39, 0.29) is 26.4 Å². The topological polar surface area (TPSA) is 114 Å². The van der Waals surface area contributed by atoms with E-state index in [1.165, 1.54) is 14.2 Å².